The van der Waals surface area contributed by atoms with E-state index in [1.165, 1.54) is 6.07 Å². The second-order valence-corrected chi connectivity index (χ2v) is 5.17. The van der Waals surface area contributed by atoms with Crippen LogP contribution in [0.4, 0.5) is 15.8 Å². The number of hydrogen-bond acceptors (Lipinski definition) is 4. The molecule has 0 spiro atoms. The Kier molecular flexibility index (Phi) is 3.99. The summed E-state index contributed by atoms with van der Waals surface area (Å²) in [7, 11) is 2.06. The zero-order chi connectivity index (χ0) is 14.0. The van der Waals surface area contributed by atoms with Gasteiger partial charge in [0.2, 0.25) is 0 Å². The lowest BCUT2D eigenvalue weighted by Crippen LogP contribution is -2.19. The van der Waals surface area contributed by atoms with Crippen molar-refractivity contribution >= 4 is 11.4 Å². The molecule has 2 rings (SSSR count). The number of rotatable bonds is 4. The Bertz CT molecular complexity index is 493. The van der Waals surface area contributed by atoms with Gasteiger partial charge in [-0.15, -0.1) is 0 Å². The number of nitrogens with zero attached hydrogens (tertiary/aromatic N) is 2. The van der Waals surface area contributed by atoms with Crippen LogP contribution in [0.2, 0.25) is 0 Å². The SMILES string of the molecule is Cc1cc(NCC2CCN(C)C2)c([N+](=O)[O-])cc1F. The lowest BCUT2D eigenvalue weighted by Gasteiger charge is -2.13. The normalized spacial score (nSPS) is 19.6. The zero-order valence-corrected chi connectivity index (χ0v) is 11.1. The molecule has 5 nitrogen and oxygen atoms in total. The van der Waals surface area contributed by atoms with E-state index < -0.39 is 10.7 Å². The molecule has 1 unspecified atom stereocenters. The minimum Gasteiger partial charge on any atom is -0.379 e. The van der Waals surface area contributed by atoms with Crippen LogP contribution in [-0.4, -0.2) is 36.5 Å². The van der Waals surface area contributed by atoms with Crippen molar-refractivity contribution in [3.8, 4) is 0 Å². The minimum absolute atomic E-state index is 0.200. The van der Waals surface area contributed by atoms with E-state index in [2.05, 4.69) is 17.3 Å². The van der Waals surface area contributed by atoms with Gasteiger partial charge >= 0.3 is 0 Å². The number of halogens is 1. The minimum atomic E-state index is -0.550. The van der Waals surface area contributed by atoms with Crippen molar-refractivity contribution in [2.45, 2.75) is 13.3 Å². The van der Waals surface area contributed by atoms with Gasteiger partial charge in [-0.3, -0.25) is 10.1 Å². The van der Waals surface area contributed by atoms with Crippen molar-refractivity contribution in [3.05, 3.63) is 33.6 Å². The number of aryl methyl sites for hydroxylation is 1. The molecule has 0 radical (unpaired) electrons. The van der Waals surface area contributed by atoms with Gasteiger partial charge < -0.3 is 10.2 Å². The summed E-state index contributed by atoms with van der Waals surface area (Å²) in [6.07, 6.45) is 1.08. The number of benzene rings is 1. The highest BCUT2D eigenvalue weighted by Crippen LogP contribution is 2.28. The van der Waals surface area contributed by atoms with E-state index in [1.54, 1.807) is 6.92 Å². The van der Waals surface area contributed by atoms with Crippen molar-refractivity contribution in [3.63, 3.8) is 0 Å². The average Bonchev–Trinajstić information content (AvgIpc) is 2.76. The second-order valence-electron chi connectivity index (χ2n) is 5.17. The van der Waals surface area contributed by atoms with Gasteiger partial charge in [-0.05, 0) is 44.5 Å². The molecule has 0 saturated carbocycles. The fourth-order valence-electron chi connectivity index (χ4n) is 2.41. The standard InChI is InChI=1S/C13H18FN3O2/c1-9-5-12(13(17(18)19)6-11(9)14)15-7-10-3-4-16(2)8-10/h5-6,10,15H,3-4,7-8H2,1-2H3. The number of nitro benzene ring substituents is 1. The number of likely N-dealkylation sites (tertiary alicyclic amines) is 1. The van der Waals surface area contributed by atoms with Gasteiger partial charge in [-0.2, -0.15) is 0 Å². The summed E-state index contributed by atoms with van der Waals surface area (Å²) in [5.74, 6) is -0.0622. The van der Waals surface area contributed by atoms with E-state index in [9.17, 15) is 14.5 Å². The second kappa shape index (κ2) is 5.52. The summed E-state index contributed by atoms with van der Waals surface area (Å²) in [5, 5.41) is 14.0. The maximum atomic E-state index is 13.4. The van der Waals surface area contributed by atoms with Crippen LogP contribution in [0.3, 0.4) is 0 Å². The topological polar surface area (TPSA) is 58.4 Å². The number of nitro groups is 1. The third-order valence-electron chi connectivity index (χ3n) is 3.54. The quantitative estimate of drug-likeness (QED) is 0.672. The van der Waals surface area contributed by atoms with Crippen LogP contribution >= 0.6 is 0 Å². The van der Waals surface area contributed by atoms with Crippen LogP contribution in [-0.2, 0) is 0 Å². The maximum Gasteiger partial charge on any atom is 0.295 e. The van der Waals surface area contributed by atoms with Gasteiger partial charge in [0.05, 0.1) is 11.0 Å². The zero-order valence-electron chi connectivity index (χ0n) is 11.1. The molecule has 1 saturated heterocycles. The fourth-order valence-corrected chi connectivity index (χ4v) is 2.41. The molecule has 6 heteroatoms. The van der Waals surface area contributed by atoms with Crippen molar-refractivity contribution < 1.29 is 9.31 Å². The highest BCUT2D eigenvalue weighted by atomic mass is 19.1. The lowest BCUT2D eigenvalue weighted by molar-refractivity contribution is -0.384. The summed E-state index contributed by atoms with van der Waals surface area (Å²) >= 11 is 0. The van der Waals surface area contributed by atoms with Gasteiger partial charge in [0.15, 0.2) is 0 Å². The highest BCUT2D eigenvalue weighted by molar-refractivity contribution is 5.63. The van der Waals surface area contributed by atoms with Crippen LogP contribution in [0.25, 0.3) is 0 Å². The van der Waals surface area contributed by atoms with Crippen LogP contribution in [0.15, 0.2) is 12.1 Å². The molecule has 0 bridgehead atoms. The van der Waals surface area contributed by atoms with Crippen LogP contribution in [0, 0.1) is 28.8 Å². The predicted octanol–water partition coefficient (Wildman–Crippen LogP) is 2.41. The maximum absolute atomic E-state index is 13.4. The molecular weight excluding hydrogens is 249 g/mol. The smallest absolute Gasteiger partial charge is 0.295 e. The van der Waals surface area contributed by atoms with E-state index in [0.29, 0.717) is 23.7 Å². The van der Waals surface area contributed by atoms with Gasteiger partial charge in [-0.1, -0.05) is 0 Å². The lowest BCUT2D eigenvalue weighted by atomic mass is 10.1. The molecule has 104 valence electrons. The molecule has 1 fully saturated rings. The van der Waals surface area contributed by atoms with Crippen molar-refractivity contribution in [1.82, 2.24) is 4.90 Å². The molecule has 1 aromatic carbocycles. The molecular formula is C13H18FN3O2. The Labute approximate surface area is 111 Å². The first-order valence-electron chi connectivity index (χ1n) is 6.34. The largest absolute Gasteiger partial charge is 0.379 e. The first-order chi connectivity index (χ1) is 8.97. The summed E-state index contributed by atoms with van der Waals surface area (Å²) < 4.78 is 13.4. The predicted molar refractivity (Wildman–Crippen MR) is 71.9 cm³/mol. The van der Waals surface area contributed by atoms with Gasteiger partial charge in [-0.25, -0.2) is 4.39 Å². The fraction of sp³-hybridized carbons (Fsp3) is 0.538. The first kappa shape index (κ1) is 13.7. The van der Waals surface area contributed by atoms with Crippen LogP contribution in [0.1, 0.15) is 12.0 Å². The Morgan fingerprint density at radius 2 is 2.32 bits per heavy atom. The molecule has 0 amide bonds. The van der Waals surface area contributed by atoms with Gasteiger partial charge in [0.25, 0.3) is 5.69 Å². The molecule has 1 aliphatic rings. The molecule has 19 heavy (non-hydrogen) atoms. The molecule has 0 aromatic heterocycles. The first-order valence-corrected chi connectivity index (χ1v) is 6.34. The Balaban J connectivity index is 2.10. The third kappa shape index (κ3) is 3.20. The monoisotopic (exact) mass is 267 g/mol. The van der Waals surface area contributed by atoms with E-state index in [4.69, 9.17) is 0 Å². The van der Waals surface area contributed by atoms with E-state index in [0.717, 1.165) is 25.6 Å². The average molecular weight is 267 g/mol. The van der Waals surface area contributed by atoms with E-state index >= 15 is 0 Å². The van der Waals surface area contributed by atoms with Crippen molar-refractivity contribution in [2.75, 3.05) is 32.0 Å². The highest BCUT2D eigenvalue weighted by Gasteiger charge is 2.21. The van der Waals surface area contributed by atoms with Gasteiger partial charge in [0.1, 0.15) is 11.5 Å². The molecule has 1 N–H and O–H groups in total. The summed E-state index contributed by atoms with van der Waals surface area (Å²) in [6, 6.07) is 2.49. The molecule has 1 aromatic rings. The Morgan fingerprint density at radius 1 is 1.58 bits per heavy atom. The number of anilines is 1. The summed E-state index contributed by atoms with van der Waals surface area (Å²) in [4.78, 5) is 12.6. The third-order valence-corrected chi connectivity index (χ3v) is 3.54. The van der Waals surface area contributed by atoms with E-state index in [1.807, 2.05) is 0 Å². The van der Waals surface area contributed by atoms with Crippen molar-refractivity contribution in [2.24, 2.45) is 5.92 Å². The molecule has 1 aliphatic heterocycles. The van der Waals surface area contributed by atoms with E-state index in [-0.39, 0.29) is 5.69 Å². The van der Waals surface area contributed by atoms with Gasteiger partial charge in [0, 0.05) is 13.1 Å². The number of hydrogen-bond donors (Lipinski definition) is 1. The van der Waals surface area contributed by atoms with Crippen LogP contribution in [0.5, 0.6) is 0 Å². The Morgan fingerprint density at radius 3 is 2.89 bits per heavy atom. The van der Waals surface area contributed by atoms with Crippen LogP contribution < -0.4 is 5.32 Å². The Hall–Kier alpha value is -1.69. The molecule has 1 heterocycles. The molecule has 0 aliphatic carbocycles. The van der Waals surface area contributed by atoms with Crippen molar-refractivity contribution in [1.29, 1.82) is 0 Å². The summed E-state index contributed by atoms with van der Waals surface area (Å²) in [5.41, 5.74) is 0.615. The number of nitrogens with one attached hydrogen (secondary N) is 1. The summed E-state index contributed by atoms with van der Waals surface area (Å²) in [6.45, 7) is 4.32. The molecule has 1 atom stereocenters.